The Kier molecular flexibility index (Phi) is 5.61. The molecule has 1 N–H and O–H groups in total. The normalized spacial score (nSPS) is 10.6. The number of allylic oxidation sites excluding steroid dienone is 2. The molecule has 3 nitrogen and oxygen atoms in total. The lowest BCUT2D eigenvalue weighted by molar-refractivity contribution is -0.120. The molecule has 0 aromatic carbocycles. The maximum Gasteiger partial charge on any atom is 0.226 e. The first-order chi connectivity index (χ1) is 5.74. The van der Waals surface area contributed by atoms with E-state index in [-0.39, 0.29) is 12.3 Å². The monoisotopic (exact) mass is 166 g/mol. The van der Waals surface area contributed by atoms with Crippen molar-refractivity contribution in [2.75, 3.05) is 6.54 Å². The molecule has 0 heterocycles. The van der Waals surface area contributed by atoms with Gasteiger partial charge in [0, 0.05) is 12.2 Å². The summed E-state index contributed by atoms with van der Waals surface area (Å²) in [5.41, 5.74) is 0.635. The van der Waals surface area contributed by atoms with Crippen LogP contribution >= 0.6 is 0 Å². The number of carbonyl (C=O) groups is 1. The zero-order chi connectivity index (χ0) is 9.40. The van der Waals surface area contributed by atoms with Gasteiger partial charge in [0.05, 0.1) is 6.42 Å². The maximum atomic E-state index is 11.0. The van der Waals surface area contributed by atoms with Gasteiger partial charge in [0.2, 0.25) is 5.91 Å². The van der Waals surface area contributed by atoms with E-state index < -0.39 is 0 Å². The van der Waals surface area contributed by atoms with Crippen LogP contribution in [0, 0.1) is 0 Å². The minimum absolute atomic E-state index is 0.0435. The molecule has 0 aromatic rings. The number of rotatable bonds is 5. The summed E-state index contributed by atoms with van der Waals surface area (Å²) in [6, 6.07) is 0. The number of hydrogen-bond acceptors (Lipinski definition) is 2. The molecule has 0 aliphatic heterocycles. The molecule has 0 radical (unpaired) electrons. The molecule has 0 atom stereocenters. The van der Waals surface area contributed by atoms with Gasteiger partial charge in [-0.1, -0.05) is 12.7 Å². The van der Waals surface area contributed by atoms with E-state index in [1.807, 2.05) is 6.92 Å². The first-order valence-corrected chi connectivity index (χ1v) is 3.79. The van der Waals surface area contributed by atoms with E-state index in [1.54, 1.807) is 12.2 Å². The first kappa shape index (κ1) is 10.6. The summed E-state index contributed by atoms with van der Waals surface area (Å²) in [6.07, 6.45) is 3.52. The fourth-order valence-electron chi connectivity index (χ4n) is 0.728. The van der Waals surface area contributed by atoms with Crippen molar-refractivity contribution in [2.45, 2.75) is 13.3 Å². The van der Waals surface area contributed by atoms with Gasteiger partial charge in [-0.15, -0.1) is 0 Å². The lowest BCUT2D eigenvalue weighted by Crippen LogP contribution is -2.22. The van der Waals surface area contributed by atoms with Crippen LogP contribution in [0.5, 0.6) is 0 Å². The first-order valence-electron chi connectivity index (χ1n) is 3.79. The largest absolute Gasteiger partial charge is 0.356 e. The summed E-state index contributed by atoms with van der Waals surface area (Å²) in [5.74, 6) is -0.0435. The molecule has 0 spiro atoms. The highest BCUT2D eigenvalue weighted by Crippen LogP contribution is 2.01. The van der Waals surface area contributed by atoms with Crippen LogP contribution in [-0.4, -0.2) is 19.2 Å². The van der Waals surface area contributed by atoms with Crippen molar-refractivity contribution in [3.8, 4) is 0 Å². The van der Waals surface area contributed by atoms with E-state index in [1.165, 1.54) is 0 Å². The second-order valence-electron chi connectivity index (χ2n) is 2.18. The average molecular weight is 166 g/mol. The number of nitrogens with zero attached hydrogens (tertiary/aromatic N) is 1. The van der Waals surface area contributed by atoms with Crippen molar-refractivity contribution in [2.24, 2.45) is 4.99 Å². The lowest BCUT2D eigenvalue weighted by Gasteiger charge is -2.00. The number of amides is 1. The van der Waals surface area contributed by atoms with E-state index in [2.05, 4.69) is 23.6 Å². The minimum Gasteiger partial charge on any atom is -0.356 e. The van der Waals surface area contributed by atoms with Crippen molar-refractivity contribution in [3.05, 3.63) is 24.4 Å². The van der Waals surface area contributed by atoms with Gasteiger partial charge in [0.15, 0.2) is 0 Å². The molecule has 0 aliphatic carbocycles. The smallest absolute Gasteiger partial charge is 0.226 e. The van der Waals surface area contributed by atoms with Crippen LogP contribution in [-0.2, 0) is 4.79 Å². The third-order valence-corrected chi connectivity index (χ3v) is 1.23. The molecule has 0 bridgehead atoms. The van der Waals surface area contributed by atoms with Crippen LogP contribution in [0.1, 0.15) is 13.3 Å². The van der Waals surface area contributed by atoms with Crippen LogP contribution in [0.3, 0.4) is 0 Å². The van der Waals surface area contributed by atoms with Gasteiger partial charge in [0.1, 0.15) is 0 Å². The SMILES string of the molecule is C=C/C=C(/CC(=O)NCC)N=C. The number of aliphatic imine (C=N–C) groups is 1. The summed E-state index contributed by atoms with van der Waals surface area (Å²) in [6.45, 7) is 9.36. The zero-order valence-electron chi connectivity index (χ0n) is 7.34. The Morgan fingerprint density at radius 1 is 1.67 bits per heavy atom. The van der Waals surface area contributed by atoms with Crippen molar-refractivity contribution >= 4 is 12.6 Å². The highest BCUT2D eigenvalue weighted by atomic mass is 16.1. The van der Waals surface area contributed by atoms with Crippen LogP contribution < -0.4 is 5.32 Å². The van der Waals surface area contributed by atoms with Crippen molar-refractivity contribution in [1.82, 2.24) is 5.32 Å². The standard InChI is InChI=1S/C9H14N2O/c1-4-6-8(10-3)7-9(12)11-5-2/h4,6H,1,3,5,7H2,2H3,(H,11,12)/b8-6-. The summed E-state index contributed by atoms with van der Waals surface area (Å²) < 4.78 is 0. The molecule has 0 fully saturated rings. The highest BCUT2D eigenvalue weighted by molar-refractivity contribution is 5.78. The van der Waals surface area contributed by atoms with Crippen LogP contribution in [0.2, 0.25) is 0 Å². The third kappa shape index (κ3) is 4.44. The highest BCUT2D eigenvalue weighted by Gasteiger charge is 2.01. The second kappa shape index (κ2) is 6.34. The molecular weight excluding hydrogens is 152 g/mol. The Balaban J connectivity index is 4.02. The lowest BCUT2D eigenvalue weighted by atomic mass is 10.3. The number of carbonyl (C=O) groups excluding carboxylic acids is 1. The molecule has 1 amide bonds. The van der Waals surface area contributed by atoms with Gasteiger partial charge < -0.3 is 5.32 Å². The summed E-state index contributed by atoms with van der Waals surface area (Å²) >= 11 is 0. The Morgan fingerprint density at radius 3 is 2.75 bits per heavy atom. The number of nitrogens with one attached hydrogen (secondary N) is 1. The summed E-state index contributed by atoms with van der Waals surface area (Å²) in [7, 11) is 0. The Hall–Kier alpha value is -1.38. The summed E-state index contributed by atoms with van der Waals surface area (Å²) in [4.78, 5) is 14.7. The molecule has 3 heteroatoms. The van der Waals surface area contributed by atoms with Gasteiger partial charge in [-0.2, -0.15) is 0 Å². The molecule has 0 saturated heterocycles. The predicted octanol–water partition coefficient (Wildman–Crippen LogP) is 1.28. The fraction of sp³-hybridized carbons (Fsp3) is 0.333. The Morgan fingerprint density at radius 2 is 2.33 bits per heavy atom. The van der Waals surface area contributed by atoms with E-state index >= 15 is 0 Å². The molecule has 0 aliphatic rings. The summed E-state index contributed by atoms with van der Waals surface area (Å²) in [5, 5.41) is 2.67. The van der Waals surface area contributed by atoms with Gasteiger partial charge in [-0.3, -0.25) is 9.79 Å². The Bertz CT molecular complexity index is 207. The van der Waals surface area contributed by atoms with E-state index in [0.717, 1.165) is 0 Å². The van der Waals surface area contributed by atoms with Gasteiger partial charge in [-0.25, -0.2) is 0 Å². The number of hydrogen-bond donors (Lipinski definition) is 1. The topological polar surface area (TPSA) is 41.5 Å². The van der Waals surface area contributed by atoms with E-state index in [0.29, 0.717) is 12.2 Å². The van der Waals surface area contributed by atoms with E-state index in [9.17, 15) is 4.79 Å². The third-order valence-electron chi connectivity index (χ3n) is 1.23. The van der Waals surface area contributed by atoms with Crippen molar-refractivity contribution in [1.29, 1.82) is 0 Å². The molecular formula is C9H14N2O. The molecule has 66 valence electrons. The average Bonchev–Trinajstić information content (AvgIpc) is 2.04. The molecule has 12 heavy (non-hydrogen) atoms. The fourth-order valence-corrected chi connectivity index (χ4v) is 0.728. The van der Waals surface area contributed by atoms with Gasteiger partial charge in [-0.05, 0) is 19.7 Å². The van der Waals surface area contributed by atoms with Crippen LogP contribution in [0.4, 0.5) is 0 Å². The molecule has 0 unspecified atom stereocenters. The molecule has 0 saturated carbocycles. The Labute approximate surface area is 72.9 Å². The van der Waals surface area contributed by atoms with Gasteiger partial charge >= 0.3 is 0 Å². The van der Waals surface area contributed by atoms with Crippen molar-refractivity contribution in [3.63, 3.8) is 0 Å². The van der Waals surface area contributed by atoms with Crippen LogP contribution in [0.15, 0.2) is 29.4 Å². The van der Waals surface area contributed by atoms with Crippen LogP contribution in [0.25, 0.3) is 0 Å². The van der Waals surface area contributed by atoms with Gasteiger partial charge in [0.25, 0.3) is 0 Å². The van der Waals surface area contributed by atoms with Crippen molar-refractivity contribution < 1.29 is 4.79 Å². The minimum atomic E-state index is -0.0435. The maximum absolute atomic E-state index is 11.0. The van der Waals surface area contributed by atoms with E-state index in [4.69, 9.17) is 0 Å². The predicted molar refractivity (Wildman–Crippen MR) is 51.1 cm³/mol. The zero-order valence-corrected chi connectivity index (χ0v) is 7.34. The molecule has 0 rings (SSSR count). The quantitative estimate of drug-likeness (QED) is 0.485. The molecule has 0 aromatic heterocycles. The second-order valence-corrected chi connectivity index (χ2v) is 2.18.